The fourth-order valence-electron chi connectivity index (χ4n) is 2.61. The van der Waals surface area contributed by atoms with Gasteiger partial charge in [0.1, 0.15) is 0 Å². The van der Waals surface area contributed by atoms with Gasteiger partial charge in [0.05, 0.1) is 5.56 Å². The summed E-state index contributed by atoms with van der Waals surface area (Å²) in [5.74, 6) is 0.0332. The van der Waals surface area contributed by atoms with Crippen molar-refractivity contribution in [2.45, 2.75) is 0 Å². The van der Waals surface area contributed by atoms with Crippen molar-refractivity contribution < 1.29 is 4.79 Å². The summed E-state index contributed by atoms with van der Waals surface area (Å²) in [6.07, 6.45) is 1.90. The maximum atomic E-state index is 12.3. The van der Waals surface area contributed by atoms with Crippen LogP contribution in [-0.4, -0.2) is 29.5 Å². The van der Waals surface area contributed by atoms with Crippen LogP contribution in [0, 0.1) is 0 Å². The average Bonchev–Trinajstić information content (AvgIpc) is 2.84. The van der Waals surface area contributed by atoms with E-state index < -0.39 is 0 Å². The number of rotatable bonds is 2. The number of carbonyl (C=O) groups is 1. The first-order valence-corrected chi connectivity index (χ1v) is 6.94. The first-order chi connectivity index (χ1) is 10.1. The molecule has 0 unspecified atom stereocenters. The molecule has 1 heterocycles. The smallest absolute Gasteiger partial charge is 0.255 e. The molecule has 3 nitrogen and oxygen atoms in total. The molecule has 3 rings (SSSR count). The molecule has 0 spiro atoms. The lowest BCUT2D eigenvalue weighted by Gasteiger charge is -2.09. The van der Waals surface area contributed by atoms with E-state index in [0.717, 1.165) is 27.6 Å². The van der Waals surface area contributed by atoms with Crippen LogP contribution in [0.15, 0.2) is 54.7 Å². The van der Waals surface area contributed by atoms with Gasteiger partial charge in [0.2, 0.25) is 0 Å². The standard InChI is InChI=1S/C18H18N2O/c1-19(2)18(21)16-12-20(3)17-10-9-14(11-15(16)17)13-7-5-4-6-8-13/h4-12H,1-3H3. The number of aryl methyl sites for hydroxylation is 1. The molecule has 0 saturated carbocycles. The van der Waals surface area contributed by atoms with Crippen LogP contribution >= 0.6 is 0 Å². The minimum absolute atomic E-state index is 0.0332. The number of hydrogen-bond donors (Lipinski definition) is 0. The summed E-state index contributed by atoms with van der Waals surface area (Å²) in [7, 11) is 5.53. The fraction of sp³-hybridized carbons (Fsp3) is 0.167. The van der Waals surface area contributed by atoms with E-state index in [9.17, 15) is 4.79 Å². The van der Waals surface area contributed by atoms with Crippen molar-refractivity contribution in [1.82, 2.24) is 9.47 Å². The molecule has 21 heavy (non-hydrogen) atoms. The van der Waals surface area contributed by atoms with Crippen molar-refractivity contribution >= 4 is 16.8 Å². The van der Waals surface area contributed by atoms with E-state index in [-0.39, 0.29) is 5.91 Å². The number of hydrogen-bond acceptors (Lipinski definition) is 1. The highest BCUT2D eigenvalue weighted by Crippen LogP contribution is 2.28. The summed E-state index contributed by atoms with van der Waals surface area (Å²) in [5.41, 5.74) is 4.10. The van der Waals surface area contributed by atoms with E-state index in [4.69, 9.17) is 0 Å². The largest absolute Gasteiger partial charge is 0.350 e. The second-order valence-electron chi connectivity index (χ2n) is 5.45. The van der Waals surface area contributed by atoms with E-state index in [1.54, 1.807) is 19.0 Å². The summed E-state index contributed by atoms with van der Waals surface area (Å²) in [5, 5.41) is 0.998. The van der Waals surface area contributed by atoms with Gasteiger partial charge in [-0.05, 0) is 23.3 Å². The third kappa shape index (κ3) is 2.31. The Kier molecular flexibility index (Phi) is 3.26. The molecule has 3 aromatic rings. The zero-order valence-corrected chi connectivity index (χ0v) is 12.5. The Hall–Kier alpha value is -2.55. The van der Waals surface area contributed by atoms with Crippen molar-refractivity contribution in [3.05, 3.63) is 60.3 Å². The van der Waals surface area contributed by atoms with Gasteiger partial charge in [0, 0.05) is 38.2 Å². The Balaban J connectivity index is 2.21. The average molecular weight is 278 g/mol. The Morgan fingerprint density at radius 2 is 1.71 bits per heavy atom. The maximum Gasteiger partial charge on any atom is 0.255 e. The van der Waals surface area contributed by atoms with Gasteiger partial charge in [0.25, 0.3) is 5.91 Å². The molecule has 0 aliphatic rings. The quantitative estimate of drug-likeness (QED) is 0.703. The van der Waals surface area contributed by atoms with Crippen molar-refractivity contribution in [3.8, 4) is 11.1 Å². The normalized spacial score (nSPS) is 10.8. The minimum atomic E-state index is 0.0332. The Labute approximate surface area is 124 Å². The molecular weight excluding hydrogens is 260 g/mol. The zero-order chi connectivity index (χ0) is 15.0. The summed E-state index contributed by atoms with van der Waals surface area (Å²) in [6.45, 7) is 0. The van der Waals surface area contributed by atoms with Gasteiger partial charge in [-0.2, -0.15) is 0 Å². The van der Waals surface area contributed by atoms with Gasteiger partial charge >= 0.3 is 0 Å². The number of amides is 1. The first kappa shape index (κ1) is 13.4. The van der Waals surface area contributed by atoms with Crippen molar-refractivity contribution in [1.29, 1.82) is 0 Å². The highest BCUT2D eigenvalue weighted by atomic mass is 16.2. The van der Waals surface area contributed by atoms with Crippen LogP contribution in [0.4, 0.5) is 0 Å². The Bertz CT molecular complexity index is 801. The molecule has 0 fully saturated rings. The van der Waals surface area contributed by atoms with E-state index in [1.165, 1.54) is 0 Å². The van der Waals surface area contributed by atoms with Gasteiger partial charge in [-0.3, -0.25) is 4.79 Å². The van der Waals surface area contributed by atoms with Crippen LogP contribution in [0.2, 0.25) is 0 Å². The van der Waals surface area contributed by atoms with Gasteiger partial charge in [-0.25, -0.2) is 0 Å². The monoisotopic (exact) mass is 278 g/mol. The van der Waals surface area contributed by atoms with Crippen LogP contribution in [0.1, 0.15) is 10.4 Å². The van der Waals surface area contributed by atoms with Crippen LogP contribution in [-0.2, 0) is 7.05 Å². The summed E-state index contributed by atoms with van der Waals surface area (Å²) >= 11 is 0. The molecule has 3 heteroatoms. The van der Waals surface area contributed by atoms with Crippen molar-refractivity contribution in [2.24, 2.45) is 7.05 Å². The number of aromatic nitrogens is 1. The van der Waals surface area contributed by atoms with Gasteiger partial charge in [-0.1, -0.05) is 36.4 Å². The lowest BCUT2D eigenvalue weighted by atomic mass is 10.0. The highest BCUT2D eigenvalue weighted by molar-refractivity contribution is 6.07. The Morgan fingerprint density at radius 3 is 2.38 bits per heavy atom. The number of nitrogens with zero attached hydrogens (tertiary/aromatic N) is 2. The first-order valence-electron chi connectivity index (χ1n) is 6.94. The SMILES string of the molecule is CN(C)C(=O)c1cn(C)c2ccc(-c3ccccc3)cc12. The zero-order valence-electron chi connectivity index (χ0n) is 12.5. The number of fused-ring (bicyclic) bond motifs is 1. The fourth-order valence-corrected chi connectivity index (χ4v) is 2.61. The Morgan fingerprint density at radius 1 is 1.00 bits per heavy atom. The third-order valence-electron chi connectivity index (χ3n) is 3.73. The maximum absolute atomic E-state index is 12.3. The molecule has 106 valence electrons. The van der Waals surface area contributed by atoms with Crippen LogP contribution in [0.3, 0.4) is 0 Å². The number of carbonyl (C=O) groups excluding carboxylic acids is 1. The molecule has 1 aromatic heterocycles. The third-order valence-corrected chi connectivity index (χ3v) is 3.73. The number of benzene rings is 2. The minimum Gasteiger partial charge on any atom is -0.350 e. The van der Waals surface area contributed by atoms with Crippen LogP contribution < -0.4 is 0 Å². The van der Waals surface area contributed by atoms with Gasteiger partial charge in [-0.15, -0.1) is 0 Å². The van der Waals surface area contributed by atoms with Gasteiger partial charge in [0.15, 0.2) is 0 Å². The molecule has 0 bridgehead atoms. The lowest BCUT2D eigenvalue weighted by Crippen LogP contribution is -2.21. The van der Waals surface area contributed by atoms with Crippen LogP contribution in [0.25, 0.3) is 22.0 Å². The second kappa shape index (κ2) is 5.09. The highest BCUT2D eigenvalue weighted by Gasteiger charge is 2.16. The second-order valence-corrected chi connectivity index (χ2v) is 5.45. The molecule has 0 radical (unpaired) electrons. The van der Waals surface area contributed by atoms with Crippen LogP contribution in [0.5, 0.6) is 0 Å². The van der Waals surface area contributed by atoms with E-state index >= 15 is 0 Å². The van der Waals surface area contributed by atoms with E-state index in [2.05, 4.69) is 30.3 Å². The molecule has 0 saturated heterocycles. The molecule has 0 aliphatic heterocycles. The molecular formula is C18H18N2O. The molecule has 0 atom stereocenters. The summed E-state index contributed by atoms with van der Waals surface area (Å²) in [4.78, 5) is 13.9. The van der Waals surface area contributed by atoms with Crippen molar-refractivity contribution in [2.75, 3.05) is 14.1 Å². The van der Waals surface area contributed by atoms with E-state index in [1.807, 2.05) is 36.0 Å². The summed E-state index contributed by atoms with van der Waals surface area (Å²) < 4.78 is 2.00. The molecule has 2 aromatic carbocycles. The topological polar surface area (TPSA) is 25.2 Å². The van der Waals surface area contributed by atoms with E-state index in [0.29, 0.717) is 0 Å². The molecule has 1 amide bonds. The summed E-state index contributed by atoms with van der Waals surface area (Å²) in [6, 6.07) is 16.5. The van der Waals surface area contributed by atoms with Crippen molar-refractivity contribution in [3.63, 3.8) is 0 Å². The predicted octanol–water partition coefficient (Wildman–Crippen LogP) is 3.55. The molecule has 0 aliphatic carbocycles. The molecule has 0 N–H and O–H groups in total. The van der Waals surface area contributed by atoms with Gasteiger partial charge < -0.3 is 9.47 Å². The lowest BCUT2D eigenvalue weighted by molar-refractivity contribution is 0.0829. The predicted molar refractivity (Wildman–Crippen MR) is 86.4 cm³/mol.